The second kappa shape index (κ2) is 4.45. The molecule has 1 aliphatic rings. The second-order valence-corrected chi connectivity index (χ2v) is 4.99. The number of hydrogen-bond acceptors (Lipinski definition) is 1. The summed E-state index contributed by atoms with van der Waals surface area (Å²) in [7, 11) is 0. The fourth-order valence-electron chi connectivity index (χ4n) is 2.89. The topological polar surface area (TPSA) is 3.24 Å². The Balaban J connectivity index is 2.65. The van der Waals surface area contributed by atoms with Crippen LogP contribution in [0.5, 0.6) is 0 Å². The van der Waals surface area contributed by atoms with Gasteiger partial charge in [0.2, 0.25) is 0 Å². The minimum atomic E-state index is 0.501. The number of likely N-dealkylation sites (tertiary alicyclic amines) is 1. The van der Waals surface area contributed by atoms with E-state index < -0.39 is 0 Å². The first-order chi connectivity index (χ1) is 6.10. The summed E-state index contributed by atoms with van der Waals surface area (Å²) in [5.41, 5.74) is 0.501. The lowest BCUT2D eigenvalue weighted by atomic mass is 9.83. The Bertz CT molecular complexity index is 149. The van der Waals surface area contributed by atoms with Crippen LogP contribution in [0.15, 0.2) is 0 Å². The van der Waals surface area contributed by atoms with E-state index in [2.05, 4.69) is 32.6 Å². The van der Waals surface area contributed by atoms with E-state index in [1.165, 1.54) is 38.6 Å². The van der Waals surface area contributed by atoms with Gasteiger partial charge in [0, 0.05) is 11.6 Å². The minimum Gasteiger partial charge on any atom is -0.296 e. The van der Waals surface area contributed by atoms with Crippen molar-refractivity contribution in [3.8, 4) is 0 Å². The van der Waals surface area contributed by atoms with Crippen molar-refractivity contribution < 1.29 is 0 Å². The third kappa shape index (κ3) is 2.46. The summed E-state index contributed by atoms with van der Waals surface area (Å²) in [5, 5.41) is 0. The van der Waals surface area contributed by atoms with Crippen molar-refractivity contribution in [2.24, 2.45) is 0 Å². The molecule has 1 rings (SSSR count). The van der Waals surface area contributed by atoms with Gasteiger partial charge in [0.15, 0.2) is 0 Å². The summed E-state index contributed by atoms with van der Waals surface area (Å²) >= 11 is 0. The number of rotatable bonds is 3. The number of hydrogen-bond donors (Lipinski definition) is 0. The minimum absolute atomic E-state index is 0.501. The maximum atomic E-state index is 2.71. The van der Waals surface area contributed by atoms with Gasteiger partial charge in [-0.15, -0.1) is 0 Å². The van der Waals surface area contributed by atoms with Crippen molar-refractivity contribution in [1.29, 1.82) is 0 Å². The molecule has 0 N–H and O–H groups in total. The molecule has 0 bridgehead atoms. The molecule has 1 aliphatic heterocycles. The molecule has 0 aromatic carbocycles. The highest BCUT2D eigenvalue weighted by atomic mass is 15.2. The highest BCUT2D eigenvalue weighted by Crippen LogP contribution is 2.33. The van der Waals surface area contributed by atoms with E-state index in [0.717, 1.165) is 6.04 Å². The van der Waals surface area contributed by atoms with E-state index >= 15 is 0 Å². The summed E-state index contributed by atoms with van der Waals surface area (Å²) in [4.78, 5) is 2.71. The average molecular weight is 183 g/mol. The maximum Gasteiger partial charge on any atom is 0.0184 e. The van der Waals surface area contributed by atoms with Gasteiger partial charge in [0.05, 0.1) is 0 Å². The molecule has 1 heterocycles. The summed E-state index contributed by atoms with van der Waals surface area (Å²) < 4.78 is 0. The lowest BCUT2D eigenvalue weighted by Gasteiger charge is -2.47. The average Bonchev–Trinajstić information content (AvgIpc) is 2.04. The van der Waals surface area contributed by atoms with Crippen LogP contribution in [0.2, 0.25) is 0 Å². The first-order valence-corrected chi connectivity index (χ1v) is 5.87. The van der Waals surface area contributed by atoms with Gasteiger partial charge < -0.3 is 0 Å². The molecule has 0 saturated carbocycles. The molecule has 0 spiro atoms. The predicted molar refractivity (Wildman–Crippen MR) is 59.0 cm³/mol. The molecule has 1 heteroatoms. The van der Waals surface area contributed by atoms with Crippen LogP contribution in [-0.4, -0.2) is 23.0 Å². The second-order valence-electron chi connectivity index (χ2n) is 4.99. The molecule has 1 unspecified atom stereocenters. The molecule has 0 aromatic rings. The van der Waals surface area contributed by atoms with E-state index in [4.69, 9.17) is 0 Å². The van der Waals surface area contributed by atoms with Gasteiger partial charge in [-0.25, -0.2) is 0 Å². The fourth-order valence-corrected chi connectivity index (χ4v) is 2.89. The first-order valence-electron chi connectivity index (χ1n) is 5.87. The Morgan fingerprint density at radius 2 is 2.00 bits per heavy atom. The lowest BCUT2D eigenvalue weighted by Crippen LogP contribution is -2.52. The largest absolute Gasteiger partial charge is 0.296 e. The van der Waals surface area contributed by atoms with E-state index in [0.29, 0.717) is 5.54 Å². The van der Waals surface area contributed by atoms with Crippen molar-refractivity contribution in [2.45, 2.75) is 71.4 Å². The van der Waals surface area contributed by atoms with Crippen LogP contribution in [0, 0.1) is 0 Å². The van der Waals surface area contributed by atoms with Crippen LogP contribution < -0.4 is 0 Å². The van der Waals surface area contributed by atoms with E-state index in [1.807, 2.05) is 0 Å². The summed E-state index contributed by atoms with van der Waals surface area (Å²) in [5.74, 6) is 0. The predicted octanol–water partition coefficient (Wildman–Crippen LogP) is 3.44. The summed E-state index contributed by atoms with van der Waals surface area (Å²) in [6.45, 7) is 10.7. The zero-order valence-corrected chi connectivity index (χ0v) is 9.77. The van der Waals surface area contributed by atoms with Crippen LogP contribution in [-0.2, 0) is 0 Å². The zero-order valence-electron chi connectivity index (χ0n) is 9.77. The molecule has 1 atom stereocenters. The van der Waals surface area contributed by atoms with Gasteiger partial charge in [0.1, 0.15) is 0 Å². The Hall–Kier alpha value is -0.0400. The molecule has 1 fully saturated rings. The summed E-state index contributed by atoms with van der Waals surface area (Å²) in [6.07, 6.45) is 6.92. The molecule has 78 valence electrons. The Kier molecular flexibility index (Phi) is 3.78. The molecular weight excluding hydrogens is 158 g/mol. The van der Waals surface area contributed by atoms with Crippen LogP contribution in [0.4, 0.5) is 0 Å². The van der Waals surface area contributed by atoms with Crippen molar-refractivity contribution in [1.82, 2.24) is 4.90 Å². The van der Waals surface area contributed by atoms with Crippen molar-refractivity contribution in [2.75, 3.05) is 6.54 Å². The standard InChI is InChI=1S/C12H25N/c1-5-8-12(4)9-6-7-10-13(12)11(2)3/h11H,5-10H2,1-4H3. The van der Waals surface area contributed by atoms with Gasteiger partial charge >= 0.3 is 0 Å². The molecule has 0 aliphatic carbocycles. The molecular formula is C12H25N. The van der Waals surface area contributed by atoms with Crippen LogP contribution in [0.25, 0.3) is 0 Å². The quantitative estimate of drug-likeness (QED) is 0.648. The smallest absolute Gasteiger partial charge is 0.0184 e. The van der Waals surface area contributed by atoms with E-state index in [1.54, 1.807) is 0 Å². The third-order valence-electron chi connectivity index (χ3n) is 3.47. The van der Waals surface area contributed by atoms with Gasteiger partial charge in [-0.1, -0.05) is 19.8 Å². The van der Waals surface area contributed by atoms with Crippen molar-refractivity contribution in [3.05, 3.63) is 0 Å². The SMILES string of the molecule is CCCC1(C)CCCCN1C(C)C. The normalized spacial score (nSPS) is 31.2. The van der Waals surface area contributed by atoms with Crippen LogP contribution in [0.1, 0.15) is 59.8 Å². The Morgan fingerprint density at radius 1 is 1.31 bits per heavy atom. The van der Waals surface area contributed by atoms with Crippen molar-refractivity contribution >= 4 is 0 Å². The molecule has 1 saturated heterocycles. The van der Waals surface area contributed by atoms with E-state index in [9.17, 15) is 0 Å². The lowest BCUT2D eigenvalue weighted by molar-refractivity contribution is 0.0258. The van der Waals surface area contributed by atoms with Crippen LogP contribution >= 0.6 is 0 Å². The molecule has 0 amide bonds. The number of nitrogens with zero attached hydrogens (tertiary/aromatic N) is 1. The monoisotopic (exact) mass is 183 g/mol. The van der Waals surface area contributed by atoms with Crippen LogP contribution in [0.3, 0.4) is 0 Å². The highest BCUT2D eigenvalue weighted by Gasteiger charge is 2.34. The van der Waals surface area contributed by atoms with E-state index in [-0.39, 0.29) is 0 Å². The Morgan fingerprint density at radius 3 is 2.54 bits per heavy atom. The Labute approximate surface area is 83.5 Å². The van der Waals surface area contributed by atoms with Gasteiger partial charge in [-0.3, -0.25) is 4.90 Å². The molecule has 0 radical (unpaired) electrons. The number of piperidine rings is 1. The first kappa shape index (κ1) is 11.0. The van der Waals surface area contributed by atoms with Gasteiger partial charge in [-0.2, -0.15) is 0 Å². The summed E-state index contributed by atoms with van der Waals surface area (Å²) in [6, 6.07) is 0.719. The zero-order chi connectivity index (χ0) is 9.90. The van der Waals surface area contributed by atoms with Gasteiger partial charge in [0.25, 0.3) is 0 Å². The fraction of sp³-hybridized carbons (Fsp3) is 1.00. The maximum absolute atomic E-state index is 2.71. The highest BCUT2D eigenvalue weighted by molar-refractivity contribution is 4.90. The molecule has 0 aromatic heterocycles. The third-order valence-corrected chi connectivity index (χ3v) is 3.47. The van der Waals surface area contributed by atoms with Gasteiger partial charge in [-0.05, 0) is 46.6 Å². The molecule has 1 nitrogen and oxygen atoms in total. The van der Waals surface area contributed by atoms with Crippen molar-refractivity contribution in [3.63, 3.8) is 0 Å². The molecule has 13 heavy (non-hydrogen) atoms.